The smallest absolute Gasteiger partial charge is 0.0688 e. The molecule has 1 aliphatic heterocycles. The molecule has 106 valence electrons. The Balaban J connectivity index is 1.90. The van der Waals surface area contributed by atoms with Crippen molar-refractivity contribution in [2.75, 3.05) is 19.6 Å². The van der Waals surface area contributed by atoms with E-state index in [1.807, 2.05) is 0 Å². The first-order chi connectivity index (χ1) is 8.68. The van der Waals surface area contributed by atoms with Crippen LogP contribution in [-0.2, 0) is 0 Å². The minimum Gasteiger partial charge on any atom is -0.390 e. The molecule has 2 fully saturated rings. The van der Waals surface area contributed by atoms with Gasteiger partial charge in [-0.2, -0.15) is 0 Å². The van der Waals surface area contributed by atoms with Crippen molar-refractivity contribution in [3.63, 3.8) is 0 Å². The normalized spacial score (nSPS) is 39.5. The van der Waals surface area contributed by atoms with Crippen LogP contribution < -0.4 is 0 Å². The summed E-state index contributed by atoms with van der Waals surface area (Å²) in [6, 6.07) is 0. The van der Waals surface area contributed by atoms with E-state index >= 15 is 0 Å². The molecule has 0 bridgehead atoms. The van der Waals surface area contributed by atoms with Gasteiger partial charge in [-0.05, 0) is 57.0 Å². The second-order valence-electron chi connectivity index (χ2n) is 6.52. The van der Waals surface area contributed by atoms with E-state index in [9.17, 15) is 5.11 Å². The predicted octanol–water partition coefficient (Wildman–Crippen LogP) is 3.44. The summed E-state index contributed by atoms with van der Waals surface area (Å²) in [7, 11) is 0. The lowest BCUT2D eigenvalue weighted by atomic mass is 9.70. The minimum absolute atomic E-state index is 0.345. The van der Waals surface area contributed by atoms with E-state index in [0.29, 0.717) is 5.92 Å². The fraction of sp³-hybridized carbons (Fsp3) is 1.00. The summed E-state index contributed by atoms with van der Waals surface area (Å²) in [5.41, 5.74) is -0.345. The van der Waals surface area contributed by atoms with Gasteiger partial charge in [-0.1, -0.05) is 33.1 Å². The maximum Gasteiger partial charge on any atom is 0.0688 e. The lowest BCUT2D eigenvalue weighted by molar-refractivity contribution is -0.0493. The van der Waals surface area contributed by atoms with Gasteiger partial charge in [0.25, 0.3) is 0 Å². The largest absolute Gasteiger partial charge is 0.390 e. The quantitative estimate of drug-likeness (QED) is 0.833. The second-order valence-corrected chi connectivity index (χ2v) is 6.52. The van der Waals surface area contributed by atoms with Crippen molar-refractivity contribution in [3.8, 4) is 0 Å². The first-order valence-corrected chi connectivity index (χ1v) is 8.12. The third-order valence-corrected chi connectivity index (χ3v) is 5.58. The molecule has 0 aromatic heterocycles. The van der Waals surface area contributed by atoms with Crippen molar-refractivity contribution in [3.05, 3.63) is 0 Å². The lowest BCUT2D eigenvalue weighted by Gasteiger charge is -2.40. The van der Waals surface area contributed by atoms with Crippen molar-refractivity contribution in [1.29, 1.82) is 0 Å². The molecule has 1 N–H and O–H groups in total. The molecule has 18 heavy (non-hydrogen) atoms. The van der Waals surface area contributed by atoms with E-state index in [0.717, 1.165) is 31.8 Å². The van der Waals surface area contributed by atoms with Crippen LogP contribution in [0.2, 0.25) is 0 Å². The Hall–Kier alpha value is -0.0800. The highest BCUT2D eigenvalue weighted by atomic mass is 16.3. The van der Waals surface area contributed by atoms with Gasteiger partial charge in [-0.15, -0.1) is 0 Å². The SMILES string of the molecule is CCC1CCC(C2(O)CCCN(CC)CC2)CC1. The third kappa shape index (κ3) is 3.27. The van der Waals surface area contributed by atoms with E-state index < -0.39 is 0 Å². The Morgan fingerprint density at radius 3 is 2.39 bits per heavy atom. The number of nitrogens with zero attached hydrogens (tertiary/aromatic N) is 1. The van der Waals surface area contributed by atoms with Crippen LogP contribution in [0.1, 0.15) is 65.2 Å². The highest BCUT2D eigenvalue weighted by Gasteiger charge is 2.39. The van der Waals surface area contributed by atoms with Crippen LogP contribution in [-0.4, -0.2) is 35.2 Å². The fourth-order valence-corrected chi connectivity index (χ4v) is 4.03. The molecule has 1 aliphatic carbocycles. The molecule has 0 aromatic carbocycles. The van der Waals surface area contributed by atoms with Crippen LogP contribution in [0.4, 0.5) is 0 Å². The van der Waals surface area contributed by atoms with Gasteiger partial charge < -0.3 is 10.0 Å². The van der Waals surface area contributed by atoms with Crippen LogP contribution in [0, 0.1) is 11.8 Å². The molecule has 2 aliphatic rings. The van der Waals surface area contributed by atoms with Gasteiger partial charge >= 0.3 is 0 Å². The summed E-state index contributed by atoms with van der Waals surface area (Å²) >= 11 is 0. The zero-order valence-corrected chi connectivity index (χ0v) is 12.3. The average molecular weight is 253 g/mol. The number of hydrogen-bond donors (Lipinski definition) is 1. The summed E-state index contributed by atoms with van der Waals surface area (Å²) in [5, 5.41) is 11.0. The van der Waals surface area contributed by atoms with Crippen LogP contribution in [0.3, 0.4) is 0 Å². The van der Waals surface area contributed by atoms with E-state index in [4.69, 9.17) is 0 Å². The average Bonchev–Trinajstić information content (AvgIpc) is 2.61. The summed E-state index contributed by atoms with van der Waals surface area (Å²) in [6.07, 6.45) is 9.77. The molecular weight excluding hydrogens is 222 g/mol. The molecule has 1 saturated heterocycles. The van der Waals surface area contributed by atoms with Gasteiger partial charge in [0.15, 0.2) is 0 Å². The van der Waals surface area contributed by atoms with Crippen LogP contribution in [0.15, 0.2) is 0 Å². The van der Waals surface area contributed by atoms with Gasteiger partial charge in [0, 0.05) is 6.54 Å². The number of rotatable bonds is 3. The summed E-state index contributed by atoms with van der Waals surface area (Å²) in [4.78, 5) is 2.50. The number of aliphatic hydroxyl groups is 1. The van der Waals surface area contributed by atoms with E-state index in [-0.39, 0.29) is 5.60 Å². The molecule has 2 nitrogen and oxygen atoms in total. The Kier molecular flexibility index (Phi) is 5.08. The topological polar surface area (TPSA) is 23.5 Å². The maximum atomic E-state index is 11.0. The molecule has 0 aromatic rings. The van der Waals surface area contributed by atoms with Crippen LogP contribution in [0.5, 0.6) is 0 Å². The van der Waals surface area contributed by atoms with E-state index in [1.54, 1.807) is 0 Å². The monoisotopic (exact) mass is 253 g/mol. The van der Waals surface area contributed by atoms with Gasteiger partial charge in [-0.25, -0.2) is 0 Å². The van der Waals surface area contributed by atoms with Gasteiger partial charge in [0.05, 0.1) is 5.60 Å². The first-order valence-electron chi connectivity index (χ1n) is 8.12. The van der Waals surface area contributed by atoms with Crippen LogP contribution >= 0.6 is 0 Å². The van der Waals surface area contributed by atoms with Crippen molar-refractivity contribution in [1.82, 2.24) is 4.90 Å². The fourth-order valence-electron chi connectivity index (χ4n) is 4.03. The van der Waals surface area contributed by atoms with Gasteiger partial charge in [0.1, 0.15) is 0 Å². The highest BCUT2D eigenvalue weighted by Crippen LogP contribution is 2.41. The van der Waals surface area contributed by atoms with Gasteiger partial charge in [0.2, 0.25) is 0 Å². The molecule has 1 unspecified atom stereocenters. The maximum absolute atomic E-state index is 11.0. The predicted molar refractivity (Wildman–Crippen MR) is 76.7 cm³/mol. The van der Waals surface area contributed by atoms with Crippen molar-refractivity contribution in [2.24, 2.45) is 11.8 Å². The summed E-state index contributed by atoms with van der Waals surface area (Å²) < 4.78 is 0. The van der Waals surface area contributed by atoms with Crippen molar-refractivity contribution in [2.45, 2.75) is 70.8 Å². The standard InChI is InChI=1S/C16H31NO/c1-3-14-6-8-15(9-7-14)16(18)10-5-12-17(4-2)13-11-16/h14-15,18H,3-13H2,1-2H3. The number of likely N-dealkylation sites (tertiary alicyclic amines) is 1. The molecule has 0 radical (unpaired) electrons. The summed E-state index contributed by atoms with van der Waals surface area (Å²) in [6.45, 7) is 7.96. The lowest BCUT2D eigenvalue weighted by Crippen LogP contribution is -2.41. The molecule has 0 spiro atoms. The Morgan fingerprint density at radius 1 is 1.06 bits per heavy atom. The van der Waals surface area contributed by atoms with E-state index in [2.05, 4.69) is 18.7 Å². The zero-order valence-electron chi connectivity index (χ0n) is 12.3. The molecule has 2 rings (SSSR count). The molecule has 0 amide bonds. The Morgan fingerprint density at radius 2 is 1.78 bits per heavy atom. The Bertz CT molecular complexity index is 247. The zero-order chi connectivity index (χ0) is 13.0. The second kappa shape index (κ2) is 6.38. The molecule has 1 saturated carbocycles. The first kappa shape index (κ1) is 14.3. The molecule has 2 heteroatoms. The Labute approximate surface area is 113 Å². The third-order valence-electron chi connectivity index (χ3n) is 5.58. The molecule has 1 heterocycles. The molecular formula is C16H31NO. The van der Waals surface area contributed by atoms with Crippen LogP contribution in [0.25, 0.3) is 0 Å². The summed E-state index contributed by atoms with van der Waals surface area (Å²) in [5.74, 6) is 1.51. The van der Waals surface area contributed by atoms with Crippen molar-refractivity contribution < 1.29 is 5.11 Å². The van der Waals surface area contributed by atoms with Crippen molar-refractivity contribution >= 4 is 0 Å². The minimum atomic E-state index is -0.345. The number of hydrogen-bond acceptors (Lipinski definition) is 2. The highest BCUT2D eigenvalue weighted by molar-refractivity contribution is 4.92. The molecule has 1 atom stereocenters. The van der Waals surface area contributed by atoms with E-state index in [1.165, 1.54) is 45.1 Å². The van der Waals surface area contributed by atoms with Gasteiger partial charge in [-0.3, -0.25) is 0 Å².